The zero-order valence-electron chi connectivity index (χ0n) is 9.24. The van der Waals surface area contributed by atoms with Gasteiger partial charge in [0, 0.05) is 5.39 Å². The van der Waals surface area contributed by atoms with Crippen LogP contribution in [-0.2, 0) is 6.42 Å². The molecule has 1 aromatic heterocycles. The Bertz CT molecular complexity index is 526. The number of phenols is 1. The van der Waals surface area contributed by atoms with Gasteiger partial charge in [0.05, 0.1) is 11.2 Å². The fourth-order valence-corrected chi connectivity index (χ4v) is 1.88. The number of hydrogen-bond donors (Lipinski definition) is 1. The third-order valence-electron chi connectivity index (χ3n) is 2.33. The number of rotatable bonds is 2. The van der Waals surface area contributed by atoms with Crippen LogP contribution in [0.5, 0.6) is 5.75 Å². The summed E-state index contributed by atoms with van der Waals surface area (Å²) in [6.07, 6.45) is 0.822. The van der Waals surface area contributed by atoms with Gasteiger partial charge in [-0.05, 0) is 42.1 Å². The molecule has 0 aliphatic carbocycles. The van der Waals surface area contributed by atoms with Crippen LogP contribution in [0.15, 0.2) is 18.2 Å². The second-order valence-corrected chi connectivity index (χ2v) is 4.58. The first-order chi connectivity index (χ1) is 7.56. The molecule has 1 heterocycles. The van der Waals surface area contributed by atoms with Gasteiger partial charge in [-0.2, -0.15) is 0 Å². The first-order valence-corrected chi connectivity index (χ1v) is 5.59. The second kappa shape index (κ2) is 4.26. The van der Waals surface area contributed by atoms with E-state index in [2.05, 4.69) is 23.8 Å². The van der Waals surface area contributed by atoms with Crippen molar-refractivity contribution in [3.63, 3.8) is 0 Å². The third-order valence-corrected chi connectivity index (χ3v) is 2.50. The molecule has 0 amide bonds. The highest BCUT2D eigenvalue weighted by Gasteiger charge is 2.09. The molecule has 0 aliphatic heterocycles. The van der Waals surface area contributed by atoms with Crippen LogP contribution < -0.4 is 0 Å². The van der Waals surface area contributed by atoms with Crippen molar-refractivity contribution < 1.29 is 5.11 Å². The molecule has 0 saturated heterocycles. The van der Waals surface area contributed by atoms with Gasteiger partial charge in [0.25, 0.3) is 0 Å². The first kappa shape index (κ1) is 11.1. The number of aromatic hydroxyl groups is 1. The number of halogens is 1. The van der Waals surface area contributed by atoms with Crippen molar-refractivity contribution in [3.8, 4) is 5.75 Å². The Kier molecular flexibility index (Phi) is 2.97. The molecule has 16 heavy (non-hydrogen) atoms. The Labute approximate surface area is 99.1 Å². The van der Waals surface area contributed by atoms with E-state index in [0.29, 0.717) is 5.92 Å². The van der Waals surface area contributed by atoms with Crippen LogP contribution in [0.2, 0.25) is 5.28 Å². The summed E-state index contributed by atoms with van der Waals surface area (Å²) in [6, 6.07) is 5.04. The first-order valence-electron chi connectivity index (χ1n) is 5.21. The van der Waals surface area contributed by atoms with Crippen LogP contribution in [0, 0.1) is 5.92 Å². The third kappa shape index (κ3) is 2.25. The van der Waals surface area contributed by atoms with E-state index in [4.69, 9.17) is 11.6 Å². The monoisotopic (exact) mass is 236 g/mol. The molecule has 0 spiro atoms. The van der Waals surface area contributed by atoms with E-state index in [1.165, 1.54) is 0 Å². The van der Waals surface area contributed by atoms with Crippen molar-refractivity contribution in [3.05, 3.63) is 29.2 Å². The highest BCUT2D eigenvalue weighted by Crippen LogP contribution is 2.24. The molecular formula is C12H13ClN2O. The molecule has 0 aliphatic rings. The van der Waals surface area contributed by atoms with Crippen LogP contribution in [0.4, 0.5) is 0 Å². The summed E-state index contributed by atoms with van der Waals surface area (Å²) < 4.78 is 0. The molecular weight excluding hydrogens is 224 g/mol. The number of aromatic nitrogens is 2. The largest absolute Gasteiger partial charge is 0.508 e. The molecule has 3 nitrogen and oxygen atoms in total. The lowest BCUT2D eigenvalue weighted by atomic mass is 10.0. The van der Waals surface area contributed by atoms with Crippen LogP contribution in [0.1, 0.15) is 19.5 Å². The Balaban J connectivity index is 2.64. The van der Waals surface area contributed by atoms with E-state index in [-0.39, 0.29) is 11.0 Å². The smallest absolute Gasteiger partial charge is 0.223 e. The average Bonchev–Trinajstić information content (AvgIpc) is 2.18. The zero-order chi connectivity index (χ0) is 11.7. The molecule has 84 valence electrons. The van der Waals surface area contributed by atoms with Crippen molar-refractivity contribution in [1.82, 2.24) is 9.97 Å². The topological polar surface area (TPSA) is 46.0 Å². The van der Waals surface area contributed by atoms with Crippen LogP contribution in [0.25, 0.3) is 10.9 Å². The lowest BCUT2D eigenvalue weighted by Gasteiger charge is -2.08. The van der Waals surface area contributed by atoms with Crippen LogP contribution in [0.3, 0.4) is 0 Å². The lowest BCUT2D eigenvalue weighted by molar-refractivity contribution is 0.476. The second-order valence-electron chi connectivity index (χ2n) is 4.24. The molecule has 0 fully saturated rings. The number of nitrogens with zero attached hydrogens (tertiary/aromatic N) is 2. The van der Waals surface area contributed by atoms with Gasteiger partial charge in [0.1, 0.15) is 5.75 Å². The van der Waals surface area contributed by atoms with Crippen LogP contribution >= 0.6 is 11.6 Å². The van der Waals surface area contributed by atoms with Crippen molar-refractivity contribution in [1.29, 1.82) is 0 Å². The standard InChI is InChI=1S/C12H13ClN2O/c1-7(2)5-11-9-6-8(16)3-4-10(9)14-12(13)15-11/h3-4,6-7,16H,5H2,1-2H3. The average molecular weight is 237 g/mol. The lowest BCUT2D eigenvalue weighted by Crippen LogP contribution is -2.00. The fourth-order valence-electron chi connectivity index (χ4n) is 1.69. The number of phenolic OH excluding ortho intramolecular Hbond substituents is 1. The highest BCUT2D eigenvalue weighted by atomic mass is 35.5. The van der Waals surface area contributed by atoms with Crippen molar-refractivity contribution in [2.24, 2.45) is 5.92 Å². The van der Waals surface area contributed by atoms with E-state index in [1.54, 1.807) is 18.2 Å². The Morgan fingerprint density at radius 3 is 2.75 bits per heavy atom. The summed E-state index contributed by atoms with van der Waals surface area (Å²) in [5.41, 5.74) is 1.66. The van der Waals surface area contributed by atoms with Gasteiger partial charge in [-0.3, -0.25) is 0 Å². The van der Waals surface area contributed by atoms with Crippen molar-refractivity contribution in [2.75, 3.05) is 0 Å². The summed E-state index contributed by atoms with van der Waals surface area (Å²) in [6.45, 7) is 4.23. The SMILES string of the molecule is CC(C)Cc1nc(Cl)nc2ccc(O)cc12. The van der Waals surface area contributed by atoms with E-state index >= 15 is 0 Å². The maximum Gasteiger partial charge on any atom is 0.223 e. The molecule has 4 heteroatoms. The molecule has 0 bridgehead atoms. The minimum atomic E-state index is 0.225. The molecule has 2 rings (SSSR count). The Morgan fingerprint density at radius 2 is 2.06 bits per heavy atom. The fraction of sp³-hybridized carbons (Fsp3) is 0.333. The highest BCUT2D eigenvalue weighted by molar-refractivity contribution is 6.28. The molecule has 0 radical (unpaired) electrons. The van der Waals surface area contributed by atoms with Gasteiger partial charge in [-0.15, -0.1) is 0 Å². The van der Waals surface area contributed by atoms with E-state index < -0.39 is 0 Å². The maximum atomic E-state index is 9.47. The summed E-state index contributed by atoms with van der Waals surface area (Å²) in [5, 5.41) is 10.6. The van der Waals surface area contributed by atoms with E-state index in [0.717, 1.165) is 23.0 Å². The molecule has 2 aromatic rings. The number of hydrogen-bond acceptors (Lipinski definition) is 3. The van der Waals surface area contributed by atoms with Crippen molar-refractivity contribution in [2.45, 2.75) is 20.3 Å². The predicted octanol–water partition coefficient (Wildman–Crippen LogP) is 3.19. The normalized spacial score (nSPS) is 11.2. The molecule has 0 saturated carbocycles. The quantitative estimate of drug-likeness (QED) is 0.815. The van der Waals surface area contributed by atoms with Gasteiger partial charge >= 0.3 is 0 Å². The Morgan fingerprint density at radius 1 is 1.31 bits per heavy atom. The number of fused-ring (bicyclic) bond motifs is 1. The summed E-state index contributed by atoms with van der Waals surface area (Å²) in [4.78, 5) is 8.35. The molecule has 0 unspecified atom stereocenters. The van der Waals surface area contributed by atoms with E-state index in [1.807, 2.05) is 0 Å². The predicted molar refractivity (Wildman–Crippen MR) is 64.8 cm³/mol. The summed E-state index contributed by atoms with van der Waals surface area (Å²) in [7, 11) is 0. The Hall–Kier alpha value is -1.35. The summed E-state index contributed by atoms with van der Waals surface area (Å²) >= 11 is 5.86. The minimum Gasteiger partial charge on any atom is -0.508 e. The van der Waals surface area contributed by atoms with Gasteiger partial charge in [0.2, 0.25) is 5.28 Å². The van der Waals surface area contributed by atoms with Gasteiger partial charge in [0.15, 0.2) is 0 Å². The maximum absolute atomic E-state index is 9.47. The van der Waals surface area contributed by atoms with Crippen molar-refractivity contribution >= 4 is 22.5 Å². The van der Waals surface area contributed by atoms with E-state index in [9.17, 15) is 5.11 Å². The number of benzene rings is 1. The molecule has 0 atom stereocenters. The summed E-state index contributed by atoms with van der Waals surface area (Å²) in [5.74, 6) is 0.708. The molecule has 1 aromatic carbocycles. The minimum absolute atomic E-state index is 0.225. The zero-order valence-corrected chi connectivity index (χ0v) is 9.99. The van der Waals surface area contributed by atoms with Gasteiger partial charge < -0.3 is 5.11 Å². The van der Waals surface area contributed by atoms with Gasteiger partial charge in [-0.25, -0.2) is 9.97 Å². The van der Waals surface area contributed by atoms with Crippen LogP contribution in [-0.4, -0.2) is 15.1 Å². The van der Waals surface area contributed by atoms with Gasteiger partial charge in [-0.1, -0.05) is 13.8 Å². The molecule has 1 N–H and O–H groups in total.